The number of nitrogens with two attached hydrogens (primary N) is 1. The molecule has 0 unspecified atom stereocenters. The van der Waals surface area contributed by atoms with E-state index in [1.165, 1.54) is 29.5 Å². The van der Waals surface area contributed by atoms with Gasteiger partial charge in [-0.1, -0.05) is 6.07 Å². The third-order valence-corrected chi connectivity index (χ3v) is 6.10. The predicted molar refractivity (Wildman–Crippen MR) is 114 cm³/mol. The van der Waals surface area contributed by atoms with E-state index in [9.17, 15) is 28.5 Å². The number of thiophene rings is 1. The van der Waals surface area contributed by atoms with Gasteiger partial charge in [0.25, 0.3) is 5.69 Å². The van der Waals surface area contributed by atoms with Crippen molar-refractivity contribution >= 4 is 46.3 Å². The highest BCUT2D eigenvalue weighted by atomic mass is 32.2. The standard InChI is InChI=1S/C20H15F2N3O4S2/c21-13-4-5-16(15(22)9-13)24(10-14-2-1-7-30-14)19(26)11-31-18-6-3-12(20(23)27)8-17(18)25(28)29/h1-9H,10-11H2,(H2,23,27). The van der Waals surface area contributed by atoms with Gasteiger partial charge >= 0.3 is 0 Å². The number of amides is 2. The maximum atomic E-state index is 14.4. The van der Waals surface area contributed by atoms with Gasteiger partial charge in [-0.25, -0.2) is 8.78 Å². The van der Waals surface area contributed by atoms with Crippen molar-refractivity contribution in [1.82, 2.24) is 0 Å². The van der Waals surface area contributed by atoms with Crippen molar-refractivity contribution in [2.75, 3.05) is 10.7 Å². The van der Waals surface area contributed by atoms with Gasteiger partial charge in [0.15, 0.2) is 0 Å². The summed E-state index contributed by atoms with van der Waals surface area (Å²) in [6.45, 7) is 0.0579. The zero-order chi connectivity index (χ0) is 22.5. The summed E-state index contributed by atoms with van der Waals surface area (Å²) in [5.74, 6) is -3.27. The van der Waals surface area contributed by atoms with Gasteiger partial charge in [0.1, 0.15) is 11.6 Å². The number of halogens is 2. The number of rotatable bonds is 8. The summed E-state index contributed by atoms with van der Waals surface area (Å²) >= 11 is 2.24. The number of benzene rings is 2. The minimum absolute atomic E-state index is 0.0323. The van der Waals surface area contributed by atoms with Gasteiger partial charge in [-0.15, -0.1) is 23.1 Å². The monoisotopic (exact) mass is 463 g/mol. The Morgan fingerprint density at radius 1 is 1.16 bits per heavy atom. The molecule has 0 saturated heterocycles. The molecule has 0 spiro atoms. The van der Waals surface area contributed by atoms with Crippen LogP contribution in [0.25, 0.3) is 0 Å². The minimum atomic E-state index is -0.897. The van der Waals surface area contributed by atoms with Crippen LogP contribution >= 0.6 is 23.1 Å². The van der Waals surface area contributed by atoms with E-state index in [4.69, 9.17) is 5.73 Å². The first-order valence-electron chi connectivity index (χ1n) is 8.75. The Morgan fingerprint density at radius 2 is 1.94 bits per heavy atom. The summed E-state index contributed by atoms with van der Waals surface area (Å²) < 4.78 is 27.7. The molecular weight excluding hydrogens is 448 g/mol. The molecule has 3 aromatic rings. The molecule has 0 bridgehead atoms. The summed E-state index contributed by atoms with van der Waals surface area (Å²) in [7, 11) is 0. The predicted octanol–water partition coefficient (Wildman–Crippen LogP) is 4.36. The zero-order valence-corrected chi connectivity index (χ0v) is 17.4. The number of thioether (sulfide) groups is 1. The summed E-state index contributed by atoms with van der Waals surface area (Å²) in [5.41, 5.74) is 4.66. The van der Waals surface area contributed by atoms with Crippen LogP contribution in [-0.2, 0) is 11.3 Å². The number of hydrogen-bond donors (Lipinski definition) is 1. The largest absolute Gasteiger partial charge is 0.366 e. The van der Waals surface area contributed by atoms with Gasteiger partial charge in [-0.3, -0.25) is 19.7 Å². The molecule has 31 heavy (non-hydrogen) atoms. The molecule has 0 aliphatic heterocycles. The van der Waals surface area contributed by atoms with Crippen molar-refractivity contribution < 1.29 is 23.3 Å². The first kappa shape index (κ1) is 22.4. The fourth-order valence-corrected chi connectivity index (χ4v) is 4.29. The lowest BCUT2D eigenvalue weighted by molar-refractivity contribution is -0.387. The quantitative estimate of drug-likeness (QED) is 0.304. The maximum Gasteiger partial charge on any atom is 0.283 e. The number of nitro benzene ring substituents is 1. The van der Waals surface area contributed by atoms with Crippen LogP contribution in [0.1, 0.15) is 15.2 Å². The molecule has 0 saturated carbocycles. The Bertz CT molecular complexity index is 1140. The lowest BCUT2D eigenvalue weighted by atomic mass is 10.2. The fourth-order valence-electron chi connectivity index (χ4n) is 2.72. The molecule has 0 aliphatic rings. The van der Waals surface area contributed by atoms with Gasteiger partial charge in [0.05, 0.1) is 27.8 Å². The van der Waals surface area contributed by atoms with Crippen molar-refractivity contribution in [3.8, 4) is 0 Å². The molecule has 1 heterocycles. The number of nitrogens with zero attached hydrogens (tertiary/aromatic N) is 2. The van der Waals surface area contributed by atoms with E-state index >= 15 is 0 Å². The maximum absolute atomic E-state index is 14.4. The molecule has 2 amide bonds. The van der Waals surface area contributed by atoms with E-state index < -0.39 is 28.4 Å². The van der Waals surface area contributed by atoms with Gasteiger partial charge in [0, 0.05) is 22.6 Å². The first-order valence-corrected chi connectivity index (χ1v) is 10.6. The molecule has 0 atom stereocenters. The lowest BCUT2D eigenvalue weighted by Gasteiger charge is -2.23. The molecule has 0 fully saturated rings. The molecule has 11 heteroatoms. The summed E-state index contributed by atoms with van der Waals surface area (Å²) in [6.07, 6.45) is 0. The molecule has 0 aliphatic carbocycles. The molecule has 1 aromatic heterocycles. The van der Waals surface area contributed by atoms with E-state index in [-0.39, 0.29) is 34.1 Å². The van der Waals surface area contributed by atoms with Gasteiger partial charge in [-0.05, 0) is 35.7 Å². The van der Waals surface area contributed by atoms with Crippen molar-refractivity contribution in [3.63, 3.8) is 0 Å². The SMILES string of the molecule is NC(=O)c1ccc(SCC(=O)N(Cc2cccs2)c2ccc(F)cc2F)c([N+](=O)[O-])c1. The first-order chi connectivity index (χ1) is 14.8. The van der Waals surface area contributed by atoms with E-state index in [1.54, 1.807) is 17.5 Å². The number of anilines is 1. The van der Waals surface area contributed by atoms with Gasteiger partial charge < -0.3 is 10.6 Å². The van der Waals surface area contributed by atoms with E-state index in [1.807, 2.05) is 0 Å². The topological polar surface area (TPSA) is 107 Å². The van der Waals surface area contributed by atoms with Crippen molar-refractivity contribution in [2.24, 2.45) is 5.73 Å². The molecule has 160 valence electrons. The Labute approximate surface area is 183 Å². The second-order valence-electron chi connectivity index (χ2n) is 6.25. The Morgan fingerprint density at radius 3 is 2.55 bits per heavy atom. The highest BCUT2D eigenvalue weighted by Crippen LogP contribution is 2.31. The van der Waals surface area contributed by atoms with Crippen molar-refractivity contribution in [1.29, 1.82) is 0 Å². The molecular formula is C20H15F2N3O4S2. The van der Waals surface area contributed by atoms with Crippen LogP contribution in [0.4, 0.5) is 20.2 Å². The third-order valence-electron chi connectivity index (χ3n) is 4.19. The van der Waals surface area contributed by atoms with E-state index in [0.717, 1.165) is 33.7 Å². The minimum Gasteiger partial charge on any atom is -0.366 e. The number of carbonyl (C=O) groups is 2. The van der Waals surface area contributed by atoms with Crippen LogP contribution in [0.3, 0.4) is 0 Å². The van der Waals surface area contributed by atoms with Crippen molar-refractivity contribution in [3.05, 3.63) is 86.1 Å². The average molecular weight is 463 g/mol. The van der Waals surface area contributed by atoms with Crippen molar-refractivity contribution in [2.45, 2.75) is 11.4 Å². The van der Waals surface area contributed by atoms with Gasteiger partial charge in [-0.2, -0.15) is 0 Å². The van der Waals surface area contributed by atoms with E-state index in [0.29, 0.717) is 6.07 Å². The fraction of sp³-hybridized carbons (Fsp3) is 0.100. The molecule has 7 nitrogen and oxygen atoms in total. The molecule has 2 N–H and O–H groups in total. The van der Waals surface area contributed by atoms with Crippen LogP contribution in [0.2, 0.25) is 0 Å². The lowest BCUT2D eigenvalue weighted by Crippen LogP contribution is -2.32. The second kappa shape index (κ2) is 9.67. The number of hydrogen-bond acceptors (Lipinski definition) is 6. The summed E-state index contributed by atoms with van der Waals surface area (Å²) in [6, 6.07) is 10.2. The van der Waals surface area contributed by atoms with Crippen LogP contribution in [0.5, 0.6) is 0 Å². The molecule has 3 rings (SSSR count). The second-order valence-corrected chi connectivity index (χ2v) is 8.30. The highest BCUT2D eigenvalue weighted by Gasteiger charge is 2.23. The van der Waals surface area contributed by atoms with Crippen LogP contribution in [0, 0.1) is 21.7 Å². The average Bonchev–Trinajstić information content (AvgIpc) is 3.23. The number of primary amides is 1. The Kier molecular flexibility index (Phi) is 6.98. The Hall–Kier alpha value is -3.31. The van der Waals surface area contributed by atoms with Crippen LogP contribution in [-0.4, -0.2) is 22.5 Å². The van der Waals surface area contributed by atoms with E-state index in [2.05, 4.69) is 0 Å². The molecule has 2 aromatic carbocycles. The normalized spacial score (nSPS) is 10.6. The number of carbonyl (C=O) groups excluding carboxylic acids is 2. The van der Waals surface area contributed by atoms with Crippen LogP contribution in [0.15, 0.2) is 58.8 Å². The third kappa shape index (κ3) is 5.44. The zero-order valence-electron chi connectivity index (χ0n) is 15.8. The van der Waals surface area contributed by atoms with Crippen LogP contribution < -0.4 is 10.6 Å². The smallest absolute Gasteiger partial charge is 0.283 e. The highest BCUT2D eigenvalue weighted by molar-refractivity contribution is 8.00. The summed E-state index contributed by atoms with van der Waals surface area (Å²) in [4.78, 5) is 37.0. The summed E-state index contributed by atoms with van der Waals surface area (Å²) in [5, 5.41) is 13.1. The number of nitro groups is 1. The Balaban J connectivity index is 1.85. The molecule has 0 radical (unpaired) electrons. The van der Waals surface area contributed by atoms with Gasteiger partial charge in [0.2, 0.25) is 11.8 Å².